The van der Waals surface area contributed by atoms with Gasteiger partial charge >= 0.3 is 17.9 Å². The van der Waals surface area contributed by atoms with Crippen LogP contribution in [0.4, 0.5) is 0 Å². The van der Waals surface area contributed by atoms with E-state index in [0.29, 0.717) is 53.4 Å². The number of carboxylic acid groups (broad SMARTS) is 3. The third-order valence-electron chi connectivity index (χ3n) is 10.2. The number of hydrogen-bond donors (Lipinski definition) is 5. The van der Waals surface area contributed by atoms with Crippen LogP contribution in [0.15, 0.2) is 48.5 Å². The SMILES string of the molecule is CC(C)C1CCC(C(=O)O)C1.CC(C)C1CCCC(C(=O)O)C1.CC(C)CCC(=O)O.CC(C)CCc1ccc(O)cc1.CC(C)Cc1ccc(O)cc1. The molecule has 0 aromatic heterocycles. The van der Waals surface area contributed by atoms with Gasteiger partial charge in [0.1, 0.15) is 11.5 Å². The van der Waals surface area contributed by atoms with Crippen molar-refractivity contribution in [3.05, 3.63) is 59.7 Å². The molecule has 2 fully saturated rings. The smallest absolute Gasteiger partial charge is 0.306 e. The molecule has 308 valence electrons. The van der Waals surface area contributed by atoms with Gasteiger partial charge in [0, 0.05) is 6.42 Å². The largest absolute Gasteiger partial charge is 0.508 e. The van der Waals surface area contributed by atoms with Crippen molar-refractivity contribution in [2.75, 3.05) is 0 Å². The van der Waals surface area contributed by atoms with Crippen LogP contribution in [0.3, 0.4) is 0 Å². The lowest BCUT2D eigenvalue weighted by molar-refractivity contribution is -0.144. The van der Waals surface area contributed by atoms with Crippen molar-refractivity contribution in [2.24, 2.45) is 53.3 Å². The molecule has 0 heterocycles. The Morgan fingerprint density at radius 3 is 1.31 bits per heavy atom. The molecule has 0 radical (unpaired) electrons. The summed E-state index contributed by atoms with van der Waals surface area (Å²) in [6, 6.07) is 14.9. The fourth-order valence-corrected chi connectivity index (χ4v) is 6.54. The maximum Gasteiger partial charge on any atom is 0.306 e. The molecule has 0 aliphatic heterocycles. The third kappa shape index (κ3) is 25.5. The number of hydrogen-bond acceptors (Lipinski definition) is 5. The van der Waals surface area contributed by atoms with Crippen LogP contribution >= 0.6 is 0 Å². The highest BCUT2D eigenvalue weighted by molar-refractivity contribution is 5.70. The van der Waals surface area contributed by atoms with E-state index >= 15 is 0 Å². The van der Waals surface area contributed by atoms with Crippen LogP contribution < -0.4 is 0 Å². The molecule has 0 spiro atoms. The van der Waals surface area contributed by atoms with Gasteiger partial charge in [0.2, 0.25) is 0 Å². The molecule has 2 aromatic carbocycles. The topological polar surface area (TPSA) is 152 Å². The van der Waals surface area contributed by atoms with Crippen LogP contribution in [-0.4, -0.2) is 43.4 Å². The lowest BCUT2D eigenvalue weighted by atomic mass is 9.76. The molecule has 5 N–H and O–H groups in total. The standard InChI is InChI=1S/C11H16O.C10H18O2.C10H14O.C9H16O2.C6H12O2/c1-9(2)3-4-10-5-7-11(12)8-6-10;1-7(2)8-4-3-5-9(6-8)10(11)12;1-8(2)7-9-3-5-10(11)6-4-9;1-6(2)7-3-4-8(5-7)9(10)11;1-5(2)3-4-6(7)8/h5-9,12H,3-4H2,1-2H3;7-9H,3-6H2,1-2H3,(H,11,12);3-6,8,11H,7H2,1-2H3;6-8H,3-5H2,1-2H3,(H,10,11);5H,3-4H2,1-2H3,(H,7,8). The van der Waals surface area contributed by atoms with Crippen LogP contribution in [0.1, 0.15) is 145 Å². The molecule has 2 aliphatic rings. The number of rotatable bonds is 12. The summed E-state index contributed by atoms with van der Waals surface area (Å²) in [5.41, 5.74) is 2.60. The lowest BCUT2D eigenvalue weighted by Crippen LogP contribution is -2.25. The average molecular weight is 757 g/mol. The minimum atomic E-state index is -0.696. The van der Waals surface area contributed by atoms with Crippen molar-refractivity contribution in [3.8, 4) is 11.5 Å². The molecular weight excluding hydrogens is 680 g/mol. The molecule has 8 heteroatoms. The summed E-state index contributed by atoms with van der Waals surface area (Å²) in [6.45, 7) is 21.6. The number of phenols is 2. The van der Waals surface area contributed by atoms with Gasteiger partial charge in [-0.2, -0.15) is 0 Å². The predicted octanol–water partition coefficient (Wildman–Crippen LogP) is 11.8. The van der Waals surface area contributed by atoms with Gasteiger partial charge in [-0.3, -0.25) is 14.4 Å². The maximum atomic E-state index is 10.7. The van der Waals surface area contributed by atoms with E-state index in [1.54, 1.807) is 24.3 Å². The highest BCUT2D eigenvalue weighted by Gasteiger charge is 2.31. The van der Waals surface area contributed by atoms with Crippen molar-refractivity contribution < 1.29 is 39.9 Å². The minimum absolute atomic E-state index is 0.0533. The molecular formula is C46H76O8. The Hall–Kier alpha value is -3.55. The first-order valence-electron chi connectivity index (χ1n) is 20.4. The fraction of sp³-hybridized carbons (Fsp3) is 0.674. The van der Waals surface area contributed by atoms with E-state index in [0.717, 1.165) is 63.7 Å². The molecule has 0 amide bonds. The van der Waals surface area contributed by atoms with Gasteiger partial charge in [0.05, 0.1) is 11.8 Å². The number of benzene rings is 2. The first-order chi connectivity index (χ1) is 25.2. The Morgan fingerprint density at radius 1 is 0.556 bits per heavy atom. The lowest BCUT2D eigenvalue weighted by Gasteiger charge is -2.29. The summed E-state index contributed by atoms with van der Waals surface area (Å²) in [5.74, 6) is 3.20. The van der Waals surface area contributed by atoms with E-state index < -0.39 is 17.9 Å². The van der Waals surface area contributed by atoms with E-state index in [1.165, 1.54) is 24.0 Å². The van der Waals surface area contributed by atoms with Crippen LogP contribution in [-0.2, 0) is 27.2 Å². The van der Waals surface area contributed by atoms with Crippen LogP contribution in [0.5, 0.6) is 11.5 Å². The fourth-order valence-electron chi connectivity index (χ4n) is 6.54. The van der Waals surface area contributed by atoms with E-state index in [1.807, 2.05) is 38.1 Å². The monoisotopic (exact) mass is 757 g/mol. The zero-order valence-corrected chi connectivity index (χ0v) is 35.3. The van der Waals surface area contributed by atoms with Crippen molar-refractivity contribution in [3.63, 3.8) is 0 Å². The first-order valence-corrected chi connectivity index (χ1v) is 20.4. The van der Waals surface area contributed by atoms with Crippen molar-refractivity contribution in [2.45, 2.75) is 146 Å². The molecule has 4 atom stereocenters. The predicted molar refractivity (Wildman–Crippen MR) is 221 cm³/mol. The maximum absolute atomic E-state index is 10.7. The number of phenolic OH excluding ortho intramolecular Hbond substituents is 2. The van der Waals surface area contributed by atoms with Gasteiger partial charge in [-0.25, -0.2) is 0 Å². The molecule has 0 saturated heterocycles. The second kappa shape index (κ2) is 27.9. The molecule has 4 rings (SSSR count). The number of aryl methyl sites for hydroxylation is 1. The molecule has 4 unspecified atom stereocenters. The van der Waals surface area contributed by atoms with Gasteiger partial charge in [-0.1, -0.05) is 106 Å². The van der Waals surface area contributed by atoms with Gasteiger partial charge in [0.15, 0.2) is 0 Å². The summed E-state index contributed by atoms with van der Waals surface area (Å²) in [5, 5.41) is 43.7. The highest BCUT2D eigenvalue weighted by atomic mass is 16.4. The summed E-state index contributed by atoms with van der Waals surface area (Å²) in [4.78, 5) is 31.2. The zero-order chi connectivity index (χ0) is 41.4. The van der Waals surface area contributed by atoms with E-state index in [9.17, 15) is 14.4 Å². The second-order valence-electron chi connectivity index (χ2n) is 17.2. The quantitative estimate of drug-likeness (QED) is 0.143. The molecule has 2 aromatic rings. The normalized spacial score (nSPS) is 19.1. The van der Waals surface area contributed by atoms with Crippen molar-refractivity contribution >= 4 is 17.9 Å². The van der Waals surface area contributed by atoms with Crippen molar-refractivity contribution in [1.29, 1.82) is 0 Å². The number of aliphatic carboxylic acids is 3. The zero-order valence-electron chi connectivity index (χ0n) is 35.3. The average Bonchev–Trinajstić information content (AvgIpc) is 3.61. The summed E-state index contributed by atoms with van der Waals surface area (Å²) in [6.07, 6.45) is 11.5. The molecule has 54 heavy (non-hydrogen) atoms. The Labute approximate surface area is 327 Å². The number of carbonyl (C=O) groups is 3. The molecule has 2 aliphatic carbocycles. The molecule has 8 nitrogen and oxygen atoms in total. The van der Waals surface area contributed by atoms with E-state index in [2.05, 4.69) is 55.4 Å². The van der Waals surface area contributed by atoms with Crippen LogP contribution in [0.2, 0.25) is 0 Å². The Bertz CT molecular complexity index is 1280. The minimum Gasteiger partial charge on any atom is -0.508 e. The second-order valence-corrected chi connectivity index (χ2v) is 17.2. The Kier molecular flexibility index (Phi) is 26.1. The van der Waals surface area contributed by atoms with Gasteiger partial charge in [-0.05, 0) is 135 Å². The Morgan fingerprint density at radius 2 is 0.981 bits per heavy atom. The van der Waals surface area contributed by atoms with Crippen LogP contribution in [0.25, 0.3) is 0 Å². The highest BCUT2D eigenvalue weighted by Crippen LogP contribution is 2.35. The number of aromatic hydroxyl groups is 2. The Balaban J connectivity index is 0.000000655. The molecule has 2 saturated carbocycles. The summed E-state index contributed by atoms with van der Waals surface area (Å²) < 4.78 is 0. The third-order valence-corrected chi connectivity index (χ3v) is 10.2. The van der Waals surface area contributed by atoms with Crippen molar-refractivity contribution in [1.82, 2.24) is 0 Å². The summed E-state index contributed by atoms with van der Waals surface area (Å²) >= 11 is 0. The summed E-state index contributed by atoms with van der Waals surface area (Å²) in [7, 11) is 0. The molecule has 0 bridgehead atoms. The van der Waals surface area contributed by atoms with Gasteiger partial charge < -0.3 is 25.5 Å². The van der Waals surface area contributed by atoms with E-state index in [4.69, 9.17) is 25.5 Å². The van der Waals surface area contributed by atoms with Gasteiger partial charge in [-0.15, -0.1) is 0 Å². The number of carboxylic acids is 3. The van der Waals surface area contributed by atoms with E-state index in [-0.39, 0.29) is 11.8 Å². The van der Waals surface area contributed by atoms with Crippen LogP contribution in [0, 0.1) is 53.3 Å². The first kappa shape index (κ1) is 50.5. The van der Waals surface area contributed by atoms with Gasteiger partial charge in [0.25, 0.3) is 0 Å².